The molecule has 2 aliphatic heterocycles. The number of hydrogen-bond donors (Lipinski definition) is 2. The van der Waals surface area contributed by atoms with Gasteiger partial charge in [0.1, 0.15) is 17.0 Å². The molecule has 3 aromatic carbocycles. The van der Waals surface area contributed by atoms with Crippen LogP contribution in [0.1, 0.15) is 59.4 Å². The van der Waals surface area contributed by atoms with E-state index < -0.39 is 11.0 Å². The first-order valence-electron chi connectivity index (χ1n) is 15.6. The Hall–Kier alpha value is -4.51. The minimum absolute atomic E-state index is 0.0676. The lowest BCUT2D eigenvalue weighted by atomic mass is 9.95. The van der Waals surface area contributed by atoms with Gasteiger partial charge in [0.05, 0.1) is 22.7 Å². The van der Waals surface area contributed by atoms with Crippen LogP contribution in [0.25, 0.3) is 33.6 Å². The number of fused-ring (bicyclic) bond motifs is 3. The van der Waals surface area contributed by atoms with Crippen LogP contribution >= 0.6 is 0 Å². The van der Waals surface area contributed by atoms with E-state index in [0.717, 1.165) is 57.4 Å². The van der Waals surface area contributed by atoms with Crippen molar-refractivity contribution in [3.8, 4) is 34.1 Å². The van der Waals surface area contributed by atoms with Crippen LogP contribution in [0.2, 0.25) is 0 Å². The number of aliphatic hydroxyl groups excluding tert-OH is 1. The number of pyridine rings is 1. The van der Waals surface area contributed by atoms with Crippen LogP contribution in [0.5, 0.6) is 11.5 Å². The molecule has 46 heavy (non-hydrogen) atoms. The fourth-order valence-electron chi connectivity index (χ4n) is 6.15. The van der Waals surface area contributed by atoms with Gasteiger partial charge >= 0.3 is 0 Å². The highest BCUT2D eigenvalue weighted by Crippen LogP contribution is 2.43. The smallest absolute Gasteiger partial charge is 0.270 e. The molecule has 0 saturated carbocycles. The first kappa shape index (κ1) is 30.2. The topological polar surface area (TPSA) is 114 Å². The van der Waals surface area contributed by atoms with Gasteiger partial charge in [-0.15, -0.1) is 0 Å². The van der Waals surface area contributed by atoms with Gasteiger partial charge in [0.25, 0.3) is 5.91 Å². The summed E-state index contributed by atoms with van der Waals surface area (Å²) in [6.45, 7) is 2.87. The molecule has 0 saturated heterocycles. The zero-order chi connectivity index (χ0) is 31.6. The average Bonchev–Trinajstić information content (AvgIpc) is 3.83. The van der Waals surface area contributed by atoms with Crippen molar-refractivity contribution in [2.45, 2.75) is 45.3 Å². The summed E-state index contributed by atoms with van der Waals surface area (Å²) < 4.78 is 32.5. The highest BCUT2D eigenvalue weighted by Gasteiger charge is 2.37. The molecule has 0 spiro atoms. The number of rotatable bonds is 11. The summed E-state index contributed by atoms with van der Waals surface area (Å²) in [4.78, 5) is 18.6. The van der Waals surface area contributed by atoms with Crippen LogP contribution in [0, 0.1) is 0 Å². The van der Waals surface area contributed by atoms with Crippen molar-refractivity contribution in [2.75, 3.05) is 19.2 Å². The number of nitrogens with one attached hydrogen (secondary N) is 1. The molecule has 2 atom stereocenters. The van der Waals surface area contributed by atoms with Gasteiger partial charge in [-0.25, -0.2) is 13.5 Å². The lowest BCUT2D eigenvalue weighted by molar-refractivity contribution is 0.0945. The fourth-order valence-corrected chi connectivity index (χ4v) is 7.69. The Morgan fingerprint density at radius 3 is 2.72 bits per heavy atom. The van der Waals surface area contributed by atoms with Gasteiger partial charge < -0.3 is 24.3 Å². The number of amides is 1. The first-order valence-corrected chi connectivity index (χ1v) is 16.9. The summed E-state index contributed by atoms with van der Waals surface area (Å²) in [6.07, 6.45) is 2.17. The SMILES string of the molecule is CCCCS(=O)N1Cc2cc(C(=O)NCc3ccc4c(c3)OCO4)nc(-c3cccc(-c4cc5ccccc5o4)c3)c2[C@H]1CCO. The molecule has 10 heteroatoms. The third kappa shape index (κ3) is 5.91. The van der Waals surface area contributed by atoms with Crippen molar-refractivity contribution in [1.82, 2.24) is 14.6 Å². The van der Waals surface area contributed by atoms with E-state index in [1.807, 2.05) is 77.1 Å². The van der Waals surface area contributed by atoms with Gasteiger partial charge in [-0.2, -0.15) is 0 Å². The summed E-state index contributed by atoms with van der Waals surface area (Å²) in [7, 11) is -1.25. The molecule has 9 nitrogen and oxygen atoms in total. The number of benzene rings is 3. The largest absolute Gasteiger partial charge is 0.456 e. The van der Waals surface area contributed by atoms with E-state index >= 15 is 0 Å². The van der Waals surface area contributed by atoms with Crippen molar-refractivity contribution < 1.29 is 28.0 Å². The average molecular weight is 638 g/mol. The maximum Gasteiger partial charge on any atom is 0.270 e. The molecule has 2 N–H and O–H groups in total. The molecule has 2 aliphatic rings. The number of hydrogen-bond acceptors (Lipinski definition) is 7. The molecule has 0 fully saturated rings. The second kappa shape index (κ2) is 13.1. The van der Waals surface area contributed by atoms with Crippen LogP contribution in [-0.2, 0) is 24.1 Å². The summed E-state index contributed by atoms with van der Waals surface area (Å²) in [5, 5.41) is 14.1. The van der Waals surface area contributed by atoms with Crippen LogP contribution < -0.4 is 14.8 Å². The normalized spacial score (nSPS) is 16.1. The monoisotopic (exact) mass is 637 g/mol. The summed E-state index contributed by atoms with van der Waals surface area (Å²) >= 11 is 0. The molecular formula is C36H35N3O6S. The highest BCUT2D eigenvalue weighted by molar-refractivity contribution is 7.82. The molecule has 1 unspecified atom stereocenters. The Kier molecular flexibility index (Phi) is 8.57. The van der Waals surface area contributed by atoms with Gasteiger partial charge in [0.2, 0.25) is 6.79 Å². The summed E-state index contributed by atoms with van der Waals surface area (Å²) in [5.41, 5.74) is 6.05. The molecule has 0 radical (unpaired) electrons. The van der Waals surface area contributed by atoms with E-state index in [4.69, 9.17) is 18.9 Å². The van der Waals surface area contributed by atoms with E-state index in [1.165, 1.54) is 0 Å². The predicted molar refractivity (Wildman–Crippen MR) is 177 cm³/mol. The van der Waals surface area contributed by atoms with E-state index in [-0.39, 0.29) is 37.6 Å². The fraction of sp³-hybridized carbons (Fsp3) is 0.278. The second-order valence-electron chi connectivity index (χ2n) is 11.5. The third-order valence-corrected chi connectivity index (χ3v) is 10.0. The van der Waals surface area contributed by atoms with Gasteiger partial charge in [-0.1, -0.05) is 55.8 Å². The molecule has 4 heterocycles. The maximum atomic E-state index is 13.6. The zero-order valence-corrected chi connectivity index (χ0v) is 26.3. The quantitative estimate of drug-likeness (QED) is 0.169. The molecular weight excluding hydrogens is 602 g/mol. The van der Waals surface area contributed by atoms with Gasteiger partial charge in [-0.3, -0.25) is 4.79 Å². The van der Waals surface area contributed by atoms with Crippen molar-refractivity contribution in [3.05, 3.63) is 101 Å². The van der Waals surface area contributed by atoms with Gasteiger partial charge in [0, 0.05) is 47.5 Å². The standard InChI is InChI=1S/C36H35N3O6S/c1-2-3-15-46(42)39-21-27-18-28(36(41)37-20-23-11-12-31-33(16-23)44-22-43-31)38-35(34(27)29(39)13-14-40)26-9-6-8-24(17-26)32-19-25-7-4-5-10-30(25)45-32/h4-12,16-19,29,40H,2-3,13-15,20-22H2,1H3,(H,37,41)/t29-,46?/m1/s1. The Morgan fingerprint density at radius 1 is 1.02 bits per heavy atom. The zero-order valence-electron chi connectivity index (χ0n) is 25.5. The van der Waals surface area contributed by atoms with Crippen molar-refractivity contribution in [1.29, 1.82) is 0 Å². The number of nitrogens with zero attached hydrogens (tertiary/aromatic N) is 2. The lowest BCUT2D eigenvalue weighted by Crippen LogP contribution is -2.27. The van der Waals surface area contributed by atoms with Crippen molar-refractivity contribution in [2.24, 2.45) is 0 Å². The van der Waals surface area contributed by atoms with Crippen molar-refractivity contribution >= 4 is 27.9 Å². The molecule has 0 aliphatic carbocycles. The number of aliphatic hydroxyl groups is 1. The number of aromatic nitrogens is 1. The number of unbranched alkanes of at least 4 members (excludes halogenated alkanes) is 1. The predicted octanol–water partition coefficient (Wildman–Crippen LogP) is 6.52. The van der Waals surface area contributed by atoms with Crippen LogP contribution in [0.3, 0.4) is 0 Å². The number of carbonyl (C=O) groups is 1. The maximum absolute atomic E-state index is 13.6. The molecule has 7 rings (SSSR count). The minimum Gasteiger partial charge on any atom is -0.456 e. The van der Waals surface area contributed by atoms with E-state index in [2.05, 4.69) is 12.2 Å². The van der Waals surface area contributed by atoms with Gasteiger partial charge in [-0.05, 0) is 60.4 Å². The number of para-hydroxylation sites is 1. The van der Waals surface area contributed by atoms with Crippen molar-refractivity contribution in [3.63, 3.8) is 0 Å². The van der Waals surface area contributed by atoms with E-state index in [9.17, 15) is 14.1 Å². The number of ether oxygens (including phenoxy) is 2. The Bertz CT molecular complexity index is 1910. The second-order valence-corrected chi connectivity index (χ2v) is 13.0. The number of furan rings is 1. The molecule has 2 aromatic heterocycles. The minimum atomic E-state index is -1.25. The molecule has 0 bridgehead atoms. The summed E-state index contributed by atoms with van der Waals surface area (Å²) in [6, 6.07) is 24.9. The van der Waals surface area contributed by atoms with E-state index in [1.54, 1.807) is 6.07 Å². The Morgan fingerprint density at radius 2 is 1.87 bits per heavy atom. The van der Waals surface area contributed by atoms with Gasteiger partial charge in [0.15, 0.2) is 11.5 Å². The molecule has 5 aromatic rings. The number of carbonyl (C=O) groups excluding carboxylic acids is 1. The lowest BCUT2D eigenvalue weighted by Gasteiger charge is -2.24. The Labute approximate surface area is 269 Å². The molecule has 1 amide bonds. The summed E-state index contributed by atoms with van der Waals surface area (Å²) in [5.74, 6) is 2.29. The third-order valence-electron chi connectivity index (χ3n) is 8.46. The first-order chi connectivity index (χ1) is 22.5. The van der Waals surface area contributed by atoms with Crippen LogP contribution in [0.15, 0.2) is 83.3 Å². The Balaban J connectivity index is 1.27. The van der Waals surface area contributed by atoms with Crippen LogP contribution in [0.4, 0.5) is 0 Å². The molecule has 236 valence electrons. The van der Waals surface area contributed by atoms with Crippen LogP contribution in [-0.4, -0.2) is 43.7 Å². The highest BCUT2D eigenvalue weighted by atomic mass is 32.2. The van der Waals surface area contributed by atoms with E-state index in [0.29, 0.717) is 35.9 Å².